The van der Waals surface area contributed by atoms with E-state index < -0.39 is 21.9 Å². The maximum Gasteiger partial charge on any atom is 0.394 e. The van der Waals surface area contributed by atoms with Gasteiger partial charge in [0.25, 0.3) is 0 Å². The van der Waals surface area contributed by atoms with Crippen molar-refractivity contribution in [2.75, 3.05) is 26.2 Å². The number of amides is 1. The first kappa shape index (κ1) is 15.5. The summed E-state index contributed by atoms with van der Waals surface area (Å²) in [6.45, 7) is 2.21. The lowest BCUT2D eigenvalue weighted by Crippen LogP contribution is -2.52. The van der Waals surface area contributed by atoms with Crippen molar-refractivity contribution in [3.05, 3.63) is 29.8 Å². The molecule has 0 spiro atoms. The number of aryl methyl sites for hydroxylation is 1. The summed E-state index contributed by atoms with van der Waals surface area (Å²) in [5.41, 5.74) is 0.964. The van der Waals surface area contributed by atoms with Crippen molar-refractivity contribution in [3.63, 3.8) is 0 Å². The Hall–Kier alpha value is -1.93. The van der Waals surface area contributed by atoms with Gasteiger partial charge in [-0.1, -0.05) is 17.7 Å². The number of nitrogens with zero attached hydrogens (tertiary/aromatic N) is 2. The Morgan fingerprint density at radius 2 is 1.57 bits per heavy atom. The van der Waals surface area contributed by atoms with E-state index in [4.69, 9.17) is 5.11 Å². The van der Waals surface area contributed by atoms with Crippen LogP contribution < -0.4 is 0 Å². The van der Waals surface area contributed by atoms with Gasteiger partial charge in [-0.15, -0.1) is 0 Å². The smallest absolute Gasteiger partial charge is 0.394 e. The molecule has 0 aliphatic carbocycles. The van der Waals surface area contributed by atoms with Crippen LogP contribution >= 0.6 is 0 Å². The molecule has 0 aromatic heterocycles. The summed E-state index contributed by atoms with van der Waals surface area (Å²) in [5, 5.41) is 8.64. The molecule has 0 radical (unpaired) electrons. The highest BCUT2D eigenvalue weighted by atomic mass is 32.2. The number of carboxylic acids is 1. The Bertz CT molecular complexity index is 646. The molecule has 1 N–H and O–H groups in total. The van der Waals surface area contributed by atoms with Crippen molar-refractivity contribution >= 4 is 21.9 Å². The van der Waals surface area contributed by atoms with Crippen LogP contribution in [0.1, 0.15) is 5.56 Å². The number of carboxylic acid groups (broad SMARTS) is 1. The van der Waals surface area contributed by atoms with Gasteiger partial charge in [0.15, 0.2) is 0 Å². The average molecular weight is 312 g/mol. The number of carbonyl (C=O) groups excluding carboxylic acids is 1. The van der Waals surface area contributed by atoms with Crippen LogP contribution in [-0.2, 0) is 19.6 Å². The van der Waals surface area contributed by atoms with Crippen LogP contribution in [0.25, 0.3) is 0 Å². The molecule has 1 saturated heterocycles. The molecule has 1 fully saturated rings. The minimum atomic E-state index is -3.60. The van der Waals surface area contributed by atoms with Crippen LogP contribution in [-0.4, -0.2) is 60.8 Å². The van der Waals surface area contributed by atoms with Crippen molar-refractivity contribution in [2.45, 2.75) is 11.8 Å². The van der Waals surface area contributed by atoms with Gasteiger partial charge in [-0.2, -0.15) is 4.31 Å². The third-order valence-corrected chi connectivity index (χ3v) is 5.28. The lowest BCUT2D eigenvalue weighted by Gasteiger charge is -2.33. The maximum atomic E-state index is 12.4. The quantitative estimate of drug-likeness (QED) is 0.770. The van der Waals surface area contributed by atoms with Gasteiger partial charge in [-0.3, -0.25) is 4.79 Å². The summed E-state index contributed by atoms with van der Waals surface area (Å²) in [6, 6.07) is 6.52. The standard InChI is InChI=1S/C13H16N2O5S/c1-10-2-4-11(5-3-10)21(19,20)15-8-6-14(7-9-15)12(16)13(17)18/h2-5H,6-9H2,1H3,(H,17,18). The summed E-state index contributed by atoms with van der Waals surface area (Å²) in [6.07, 6.45) is 0. The lowest BCUT2D eigenvalue weighted by molar-refractivity contribution is -0.156. The molecular weight excluding hydrogens is 296 g/mol. The highest BCUT2D eigenvalue weighted by Gasteiger charge is 2.31. The zero-order valence-corrected chi connectivity index (χ0v) is 12.3. The molecule has 0 saturated carbocycles. The topological polar surface area (TPSA) is 95.0 Å². The number of hydrogen-bond donors (Lipinski definition) is 1. The summed E-state index contributed by atoms with van der Waals surface area (Å²) in [4.78, 5) is 23.3. The Morgan fingerprint density at radius 3 is 2.05 bits per heavy atom. The summed E-state index contributed by atoms with van der Waals surface area (Å²) in [7, 11) is -3.60. The number of aliphatic carboxylic acids is 1. The van der Waals surface area contributed by atoms with E-state index in [1.807, 2.05) is 6.92 Å². The Morgan fingerprint density at radius 1 is 1.05 bits per heavy atom. The largest absolute Gasteiger partial charge is 0.474 e. The van der Waals surface area contributed by atoms with E-state index in [-0.39, 0.29) is 31.1 Å². The monoisotopic (exact) mass is 312 g/mol. The Balaban J connectivity index is 2.09. The van der Waals surface area contributed by atoms with Gasteiger partial charge >= 0.3 is 11.9 Å². The molecular formula is C13H16N2O5S. The molecule has 1 aliphatic rings. The predicted octanol–water partition coefficient (Wildman–Crippen LogP) is -0.0875. The molecule has 114 valence electrons. The van der Waals surface area contributed by atoms with Gasteiger partial charge in [0, 0.05) is 26.2 Å². The first-order valence-corrected chi connectivity index (χ1v) is 7.85. The van der Waals surface area contributed by atoms with E-state index in [0.29, 0.717) is 0 Å². The number of rotatable bonds is 2. The Labute approximate surface area is 122 Å². The van der Waals surface area contributed by atoms with Gasteiger partial charge in [-0.05, 0) is 19.1 Å². The SMILES string of the molecule is Cc1ccc(S(=O)(=O)N2CCN(C(=O)C(=O)O)CC2)cc1. The van der Waals surface area contributed by atoms with E-state index in [1.165, 1.54) is 4.31 Å². The van der Waals surface area contributed by atoms with Crippen molar-refractivity contribution in [3.8, 4) is 0 Å². The van der Waals surface area contributed by atoms with Crippen molar-refractivity contribution in [2.24, 2.45) is 0 Å². The molecule has 2 rings (SSSR count). The van der Waals surface area contributed by atoms with Gasteiger partial charge in [0.2, 0.25) is 10.0 Å². The summed E-state index contributed by atoms with van der Waals surface area (Å²) < 4.78 is 26.1. The number of hydrogen-bond acceptors (Lipinski definition) is 4. The van der Waals surface area contributed by atoms with Crippen LogP contribution in [0.2, 0.25) is 0 Å². The lowest BCUT2D eigenvalue weighted by atomic mass is 10.2. The first-order valence-electron chi connectivity index (χ1n) is 6.41. The second kappa shape index (κ2) is 5.82. The van der Waals surface area contributed by atoms with Gasteiger partial charge in [0.1, 0.15) is 0 Å². The van der Waals surface area contributed by atoms with Crippen LogP contribution in [0.5, 0.6) is 0 Å². The number of benzene rings is 1. The van der Waals surface area contributed by atoms with Gasteiger partial charge < -0.3 is 10.0 Å². The van der Waals surface area contributed by atoms with E-state index in [9.17, 15) is 18.0 Å². The second-order valence-corrected chi connectivity index (χ2v) is 6.75. The molecule has 1 aromatic rings. The molecule has 1 heterocycles. The minimum Gasteiger partial charge on any atom is -0.474 e. The van der Waals surface area contributed by atoms with Crippen LogP contribution in [0.15, 0.2) is 29.2 Å². The molecule has 0 unspecified atom stereocenters. The summed E-state index contributed by atoms with van der Waals surface area (Å²) >= 11 is 0. The molecule has 0 atom stereocenters. The van der Waals surface area contributed by atoms with Gasteiger partial charge in [0.05, 0.1) is 4.90 Å². The van der Waals surface area contributed by atoms with Crippen molar-refractivity contribution in [1.29, 1.82) is 0 Å². The minimum absolute atomic E-state index is 0.0796. The van der Waals surface area contributed by atoms with E-state index in [0.717, 1.165) is 10.5 Å². The highest BCUT2D eigenvalue weighted by molar-refractivity contribution is 7.89. The molecule has 1 amide bonds. The summed E-state index contributed by atoms with van der Waals surface area (Å²) in [5.74, 6) is -2.52. The highest BCUT2D eigenvalue weighted by Crippen LogP contribution is 2.18. The molecule has 21 heavy (non-hydrogen) atoms. The zero-order valence-electron chi connectivity index (χ0n) is 11.5. The normalized spacial score (nSPS) is 16.7. The maximum absolute atomic E-state index is 12.4. The molecule has 8 heteroatoms. The van der Waals surface area contributed by atoms with Crippen LogP contribution in [0.3, 0.4) is 0 Å². The van der Waals surface area contributed by atoms with Crippen molar-refractivity contribution in [1.82, 2.24) is 9.21 Å². The van der Waals surface area contributed by atoms with Crippen LogP contribution in [0, 0.1) is 6.92 Å². The van der Waals surface area contributed by atoms with Crippen LogP contribution in [0.4, 0.5) is 0 Å². The van der Waals surface area contributed by atoms with Crippen molar-refractivity contribution < 1.29 is 23.1 Å². The Kier molecular flexibility index (Phi) is 4.29. The molecule has 7 nitrogen and oxygen atoms in total. The average Bonchev–Trinajstić information content (AvgIpc) is 2.47. The fourth-order valence-electron chi connectivity index (χ4n) is 2.13. The predicted molar refractivity (Wildman–Crippen MR) is 74.2 cm³/mol. The van der Waals surface area contributed by atoms with E-state index in [1.54, 1.807) is 24.3 Å². The second-order valence-electron chi connectivity index (χ2n) is 4.81. The number of piperazine rings is 1. The van der Waals surface area contributed by atoms with Gasteiger partial charge in [-0.25, -0.2) is 13.2 Å². The number of sulfonamides is 1. The zero-order chi connectivity index (χ0) is 15.6. The first-order chi connectivity index (χ1) is 9.82. The number of carbonyl (C=O) groups is 2. The fourth-order valence-corrected chi connectivity index (χ4v) is 3.55. The fraction of sp³-hybridized carbons (Fsp3) is 0.385. The van der Waals surface area contributed by atoms with E-state index >= 15 is 0 Å². The third kappa shape index (κ3) is 3.22. The molecule has 0 bridgehead atoms. The molecule has 1 aliphatic heterocycles. The van der Waals surface area contributed by atoms with E-state index in [2.05, 4.69) is 0 Å². The molecule has 1 aromatic carbocycles. The third-order valence-electron chi connectivity index (χ3n) is 3.37.